The van der Waals surface area contributed by atoms with Gasteiger partial charge in [-0.05, 0) is 32.0 Å². The number of rotatable bonds is 5. The Bertz CT molecular complexity index is 1050. The number of halogens is 1. The van der Waals surface area contributed by atoms with E-state index < -0.39 is 11.9 Å². The van der Waals surface area contributed by atoms with Gasteiger partial charge in [-0.1, -0.05) is 30.3 Å². The van der Waals surface area contributed by atoms with Crippen LogP contribution in [0.15, 0.2) is 54.7 Å². The summed E-state index contributed by atoms with van der Waals surface area (Å²) in [4.78, 5) is 26.6. The Morgan fingerprint density at radius 3 is 2.50 bits per heavy atom. The number of ketones is 1. The topological polar surface area (TPSA) is 51.5 Å². The predicted octanol–water partition coefficient (Wildman–Crippen LogP) is 3.83. The molecule has 2 aromatic carbocycles. The van der Waals surface area contributed by atoms with E-state index in [1.165, 1.54) is 13.0 Å². The zero-order chi connectivity index (χ0) is 19.8. The number of Topliss-reactive ketones (excluding diaryl/α,β-unsaturated/α-hetero) is 1. The van der Waals surface area contributed by atoms with Gasteiger partial charge in [0.2, 0.25) is 5.91 Å². The van der Waals surface area contributed by atoms with Crippen LogP contribution in [0.2, 0.25) is 0 Å². The number of ether oxygens (including phenoxy) is 1. The van der Waals surface area contributed by atoms with Gasteiger partial charge in [-0.25, -0.2) is 4.39 Å². The van der Waals surface area contributed by atoms with E-state index in [4.69, 9.17) is 4.74 Å². The first-order valence-corrected chi connectivity index (χ1v) is 9.26. The number of aromatic nitrogens is 1. The highest BCUT2D eigenvalue weighted by Crippen LogP contribution is 2.28. The third kappa shape index (κ3) is 3.15. The van der Waals surface area contributed by atoms with Crippen molar-refractivity contribution < 1.29 is 18.7 Å². The van der Waals surface area contributed by atoms with Gasteiger partial charge < -0.3 is 14.2 Å². The van der Waals surface area contributed by atoms with Crippen LogP contribution in [0.3, 0.4) is 0 Å². The van der Waals surface area contributed by atoms with Gasteiger partial charge in [0, 0.05) is 22.7 Å². The summed E-state index contributed by atoms with van der Waals surface area (Å²) in [6, 6.07) is 13.4. The molecule has 5 nitrogen and oxygen atoms in total. The highest BCUT2D eigenvalue weighted by molar-refractivity contribution is 6.07. The summed E-state index contributed by atoms with van der Waals surface area (Å²) in [5, 5.41) is 0.846. The lowest BCUT2D eigenvalue weighted by Crippen LogP contribution is -2.57. The number of amides is 1. The lowest BCUT2D eigenvalue weighted by atomic mass is 10.1. The average molecular weight is 380 g/mol. The second-order valence-corrected chi connectivity index (χ2v) is 7.11. The summed E-state index contributed by atoms with van der Waals surface area (Å²) in [6.45, 7) is 4.18. The van der Waals surface area contributed by atoms with Crippen LogP contribution in [0.4, 0.5) is 4.39 Å². The van der Waals surface area contributed by atoms with E-state index in [0.717, 1.165) is 10.9 Å². The summed E-state index contributed by atoms with van der Waals surface area (Å²) >= 11 is 0. The first-order chi connectivity index (χ1) is 13.5. The maximum absolute atomic E-state index is 13.7. The molecular weight excluding hydrogens is 359 g/mol. The number of nitrogens with zero attached hydrogens (tertiary/aromatic N) is 2. The zero-order valence-corrected chi connectivity index (χ0v) is 15.8. The fourth-order valence-corrected chi connectivity index (χ4v) is 3.60. The molecule has 1 saturated heterocycles. The van der Waals surface area contributed by atoms with Crippen molar-refractivity contribution in [1.29, 1.82) is 0 Å². The van der Waals surface area contributed by atoms with Crippen molar-refractivity contribution in [2.75, 3.05) is 13.1 Å². The minimum absolute atomic E-state index is 0.0306. The second-order valence-electron chi connectivity index (χ2n) is 7.11. The highest BCUT2D eigenvalue weighted by atomic mass is 19.1. The molecule has 3 aromatic rings. The Kier molecular flexibility index (Phi) is 4.63. The molecule has 1 aromatic heterocycles. The van der Waals surface area contributed by atoms with Gasteiger partial charge in [-0.2, -0.15) is 0 Å². The molecule has 0 radical (unpaired) electrons. The highest BCUT2D eigenvalue weighted by Gasteiger charge is 2.35. The van der Waals surface area contributed by atoms with Gasteiger partial charge in [0.05, 0.1) is 13.1 Å². The third-order valence-corrected chi connectivity index (χ3v) is 5.18. The average Bonchev–Trinajstić information content (AvgIpc) is 3.04. The number of carbonyl (C=O) groups excluding carboxylic acids is 2. The molecule has 4 rings (SSSR count). The molecule has 1 aliphatic heterocycles. The number of benzene rings is 2. The first kappa shape index (κ1) is 18.2. The number of hydrogen-bond donors (Lipinski definition) is 0. The fourth-order valence-electron chi connectivity index (χ4n) is 3.60. The van der Waals surface area contributed by atoms with Gasteiger partial charge in [-0.3, -0.25) is 9.59 Å². The van der Waals surface area contributed by atoms with Crippen LogP contribution < -0.4 is 4.74 Å². The van der Waals surface area contributed by atoms with Gasteiger partial charge >= 0.3 is 0 Å². The van der Waals surface area contributed by atoms with Crippen molar-refractivity contribution in [3.8, 4) is 5.75 Å². The normalized spacial score (nSPS) is 15.3. The molecule has 144 valence electrons. The van der Waals surface area contributed by atoms with Crippen molar-refractivity contribution in [1.82, 2.24) is 9.47 Å². The smallest absolute Gasteiger partial charge is 0.245 e. The number of carbonyl (C=O) groups is 2. The van der Waals surface area contributed by atoms with E-state index in [0.29, 0.717) is 18.7 Å². The largest absolute Gasteiger partial charge is 0.484 e. The molecule has 1 fully saturated rings. The Balaban J connectivity index is 1.47. The van der Waals surface area contributed by atoms with Crippen LogP contribution >= 0.6 is 0 Å². The van der Waals surface area contributed by atoms with Crippen molar-refractivity contribution in [2.24, 2.45) is 0 Å². The maximum atomic E-state index is 13.7. The molecule has 2 heterocycles. The van der Waals surface area contributed by atoms with Gasteiger partial charge in [0.25, 0.3) is 0 Å². The van der Waals surface area contributed by atoms with Crippen LogP contribution in [0, 0.1) is 5.82 Å². The van der Waals surface area contributed by atoms with E-state index in [-0.39, 0.29) is 23.5 Å². The summed E-state index contributed by atoms with van der Waals surface area (Å²) in [5.74, 6) is -0.285. The Labute approximate surface area is 162 Å². The van der Waals surface area contributed by atoms with Gasteiger partial charge in [0.1, 0.15) is 12.1 Å². The van der Waals surface area contributed by atoms with Crippen molar-refractivity contribution in [2.45, 2.75) is 26.0 Å². The second kappa shape index (κ2) is 7.11. The van der Waals surface area contributed by atoms with Crippen LogP contribution in [-0.4, -0.2) is 40.4 Å². The van der Waals surface area contributed by atoms with Crippen molar-refractivity contribution >= 4 is 22.6 Å². The summed E-state index contributed by atoms with van der Waals surface area (Å²) < 4.78 is 21.2. The minimum atomic E-state index is -0.451. The molecule has 0 aliphatic carbocycles. The van der Waals surface area contributed by atoms with E-state index in [2.05, 4.69) is 0 Å². The van der Waals surface area contributed by atoms with Gasteiger partial charge in [0.15, 0.2) is 17.3 Å². The third-order valence-electron chi connectivity index (χ3n) is 5.18. The van der Waals surface area contributed by atoms with Gasteiger partial charge in [-0.15, -0.1) is 0 Å². The quantitative estimate of drug-likeness (QED) is 0.632. The molecule has 0 bridgehead atoms. The Morgan fingerprint density at radius 1 is 1.11 bits per heavy atom. The van der Waals surface area contributed by atoms with E-state index in [1.54, 1.807) is 29.3 Å². The molecule has 1 unspecified atom stereocenters. The lowest BCUT2D eigenvalue weighted by Gasteiger charge is -2.40. The van der Waals surface area contributed by atoms with Crippen LogP contribution in [0.25, 0.3) is 10.9 Å². The number of fused-ring (bicyclic) bond motifs is 1. The maximum Gasteiger partial charge on any atom is 0.245 e. The molecule has 0 saturated carbocycles. The monoisotopic (exact) mass is 380 g/mol. The molecule has 1 atom stereocenters. The van der Waals surface area contributed by atoms with E-state index in [9.17, 15) is 14.0 Å². The Morgan fingerprint density at radius 2 is 1.79 bits per heavy atom. The van der Waals surface area contributed by atoms with Crippen molar-refractivity contribution in [3.63, 3.8) is 0 Å². The fraction of sp³-hybridized carbons (Fsp3) is 0.273. The Hall–Kier alpha value is -3.15. The number of likely N-dealkylation sites (tertiary alicyclic amines) is 1. The molecular formula is C22H21FN2O3. The van der Waals surface area contributed by atoms with Crippen molar-refractivity contribution in [3.05, 3.63) is 66.1 Å². The number of hydrogen-bond acceptors (Lipinski definition) is 3. The molecule has 1 amide bonds. The lowest BCUT2D eigenvalue weighted by molar-refractivity contribution is -0.143. The molecule has 1 aliphatic rings. The predicted molar refractivity (Wildman–Crippen MR) is 104 cm³/mol. The van der Waals surface area contributed by atoms with Crippen LogP contribution in [-0.2, 0) is 4.79 Å². The van der Waals surface area contributed by atoms with E-state index in [1.807, 2.05) is 35.8 Å². The van der Waals surface area contributed by atoms with E-state index >= 15 is 0 Å². The molecule has 28 heavy (non-hydrogen) atoms. The molecule has 0 spiro atoms. The summed E-state index contributed by atoms with van der Waals surface area (Å²) in [6.07, 6.45) is 1.53. The zero-order valence-electron chi connectivity index (χ0n) is 15.8. The summed E-state index contributed by atoms with van der Waals surface area (Å²) in [5.41, 5.74) is 1.47. The van der Waals surface area contributed by atoms with Crippen LogP contribution in [0.5, 0.6) is 5.75 Å². The minimum Gasteiger partial charge on any atom is -0.484 e. The van der Waals surface area contributed by atoms with Crippen LogP contribution in [0.1, 0.15) is 30.2 Å². The standard InChI is InChI=1S/C22H21FN2O3/c1-14(25-13-18(15(2)26)17-7-3-5-9-20(17)25)22(27)24-11-16(12-24)28-21-10-6-4-8-19(21)23/h3-10,13-14,16H,11-12H2,1-2H3. The molecule has 6 heteroatoms. The first-order valence-electron chi connectivity index (χ1n) is 9.26. The SMILES string of the molecule is CC(=O)c1cn(C(C)C(=O)N2CC(Oc3ccccc3F)C2)c2ccccc12. The molecule has 0 N–H and O–H groups in total. The number of para-hydroxylation sites is 2. The summed E-state index contributed by atoms with van der Waals surface area (Å²) in [7, 11) is 0.